The predicted octanol–water partition coefficient (Wildman–Crippen LogP) is 6.23. The average Bonchev–Trinajstić information content (AvgIpc) is 3.05. The SMILES string of the molecule is COC(=O)c1c(NC(=S)Nc2cc(C)ccc2OC(F)F)sc(C)c1-c1ccccc1. The van der Waals surface area contributed by atoms with Crippen LogP contribution in [0, 0.1) is 13.8 Å². The number of carbonyl (C=O) groups is 1. The van der Waals surface area contributed by atoms with Gasteiger partial charge >= 0.3 is 12.6 Å². The number of rotatable bonds is 6. The molecule has 1 heterocycles. The quantitative estimate of drug-likeness (QED) is 0.335. The summed E-state index contributed by atoms with van der Waals surface area (Å²) in [4.78, 5) is 13.5. The smallest absolute Gasteiger partial charge is 0.387 e. The first-order chi connectivity index (χ1) is 14.8. The van der Waals surface area contributed by atoms with Gasteiger partial charge in [-0.1, -0.05) is 36.4 Å². The van der Waals surface area contributed by atoms with Gasteiger partial charge in [-0.2, -0.15) is 8.78 Å². The minimum absolute atomic E-state index is 0.0368. The van der Waals surface area contributed by atoms with Crippen molar-refractivity contribution in [3.05, 3.63) is 64.5 Å². The minimum atomic E-state index is -2.97. The van der Waals surface area contributed by atoms with E-state index in [9.17, 15) is 13.6 Å². The maximum absolute atomic E-state index is 12.7. The number of benzene rings is 2. The Morgan fingerprint density at radius 3 is 2.45 bits per heavy atom. The predicted molar refractivity (Wildman–Crippen MR) is 123 cm³/mol. The van der Waals surface area contributed by atoms with Crippen LogP contribution < -0.4 is 15.4 Å². The Morgan fingerprint density at radius 2 is 1.81 bits per heavy atom. The van der Waals surface area contributed by atoms with Crippen LogP contribution in [0.5, 0.6) is 5.75 Å². The molecule has 0 unspecified atom stereocenters. The number of hydrogen-bond donors (Lipinski definition) is 2. The fourth-order valence-electron chi connectivity index (χ4n) is 3.08. The first-order valence-electron chi connectivity index (χ1n) is 9.20. The van der Waals surface area contributed by atoms with E-state index >= 15 is 0 Å². The number of thiophene rings is 1. The van der Waals surface area contributed by atoms with Crippen LogP contribution in [0.15, 0.2) is 48.5 Å². The van der Waals surface area contributed by atoms with Crippen molar-refractivity contribution < 1.29 is 23.0 Å². The molecule has 0 aliphatic rings. The third-order valence-corrected chi connectivity index (χ3v) is 5.59. The summed E-state index contributed by atoms with van der Waals surface area (Å²) in [5.41, 5.74) is 3.10. The molecule has 3 rings (SSSR count). The number of methoxy groups -OCH3 is 1. The van der Waals surface area contributed by atoms with Gasteiger partial charge < -0.3 is 20.1 Å². The molecule has 0 aliphatic heterocycles. The number of nitrogens with one attached hydrogen (secondary N) is 2. The summed E-state index contributed by atoms with van der Waals surface area (Å²) in [5, 5.41) is 6.49. The van der Waals surface area contributed by atoms with Gasteiger partial charge in [0, 0.05) is 10.4 Å². The topological polar surface area (TPSA) is 59.6 Å². The zero-order chi connectivity index (χ0) is 22.5. The molecule has 0 amide bonds. The third kappa shape index (κ3) is 5.36. The Bertz CT molecular complexity index is 1100. The van der Waals surface area contributed by atoms with E-state index in [0.717, 1.165) is 21.6 Å². The lowest BCUT2D eigenvalue weighted by molar-refractivity contribution is -0.0493. The Morgan fingerprint density at radius 1 is 1.10 bits per heavy atom. The van der Waals surface area contributed by atoms with Crippen LogP contribution in [0.1, 0.15) is 20.8 Å². The molecule has 1 aromatic heterocycles. The number of aryl methyl sites for hydroxylation is 2. The van der Waals surface area contributed by atoms with E-state index in [0.29, 0.717) is 10.6 Å². The molecule has 0 atom stereocenters. The van der Waals surface area contributed by atoms with Crippen LogP contribution in [-0.4, -0.2) is 24.8 Å². The molecule has 0 bridgehead atoms. The highest BCUT2D eigenvalue weighted by molar-refractivity contribution is 7.80. The van der Waals surface area contributed by atoms with Gasteiger partial charge in [0.1, 0.15) is 16.3 Å². The second kappa shape index (κ2) is 9.84. The van der Waals surface area contributed by atoms with E-state index in [2.05, 4.69) is 15.4 Å². The fourth-order valence-corrected chi connectivity index (χ4v) is 4.42. The molecule has 2 aromatic carbocycles. The van der Waals surface area contributed by atoms with Gasteiger partial charge in [0.25, 0.3) is 0 Å². The molecule has 0 aliphatic carbocycles. The maximum atomic E-state index is 12.7. The highest BCUT2D eigenvalue weighted by atomic mass is 32.1. The molecule has 162 valence electrons. The van der Waals surface area contributed by atoms with Crippen LogP contribution in [0.3, 0.4) is 0 Å². The molecule has 0 spiro atoms. The molecule has 0 fully saturated rings. The molecule has 31 heavy (non-hydrogen) atoms. The number of thiocarbonyl (C=S) groups is 1. The molecule has 0 saturated heterocycles. The summed E-state index contributed by atoms with van der Waals surface area (Å²) >= 11 is 6.72. The molecule has 0 radical (unpaired) electrons. The standard InChI is InChI=1S/C22H20F2N2O3S2/c1-12-9-10-16(29-21(23)24)15(11-12)25-22(30)26-19-18(20(27)28-3)17(13(2)31-19)14-7-5-4-6-8-14/h4-11,21H,1-3H3,(H2,25,26,30). The number of halogens is 2. The molecule has 5 nitrogen and oxygen atoms in total. The number of hydrogen-bond acceptors (Lipinski definition) is 5. The minimum Gasteiger partial charge on any atom is -0.465 e. The molecule has 0 saturated carbocycles. The molecular formula is C22H20F2N2O3S2. The monoisotopic (exact) mass is 462 g/mol. The number of esters is 1. The summed E-state index contributed by atoms with van der Waals surface area (Å²) in [6.45, 7) is 0.748. The zero-order valence-electron chi connectivity index (χ0n) is 17.0. The van der Waals surface area contributed by atoms with Gasteiger partial charge in [-0.05, 0) is 49.3 Å². The number of alkyl halides is 2. The zero-order valence-corrected chi connectivity index (χ0v) is 18.6. The normalized spacial score (nSPS) is 10.6. The maximum Gasteiger partial charge on any atom is 0.387 e. The fraction of sp³-hybridized carbons (Fsp3) is 0.182. The Hall–Kier alpha value is -3.04. The highest BCUT2D eigenvalue weighted by Crippen LogP contribution is 2.40. The van der Waals surface area contributed by atoms with Crippen molar-refractivity contribution in [3.63, 3.8) is 0 Å². The lowest BCUT2D eigenvalue weighted by atomic mass is 10.0. The van der Waals surface area contributed by atoms with Crippen molar-refractivity contribution >= 4 is 45.3 Å². The van der Waals surface area contributed by atoms with E-state index in [1.165, 1.54) is 24.5 Å². The van der Waals surface area contributed by atoms with Crippen LogP contribution >= 0.6 is 23.6 Å². The lowest BCUT2D eigenvalue weighted by Gasteiger charge is -2.15. The molecule has 2 N–H and O–H groups in total. The van der Waals surface area contributed by atoms with Crippen molar-refractivity contribution in [1.29, 1.82) is 0 Å². The van der Waals surface area contributed by atoms with E-state index in [1.807, 2.05) is 44.2 Å². The molecule has 9 heteroatoms. The first-order valence-corrected chi connectivity index (χ1v) is 10.4. The largest absolute Gasteiger partial charge is 0.465 e. The number of anilines is 2. The van der Waals surface area contributed by atoms with Crippen molar-refractivity contribution in [3.8, 4) is 16.9 Å². The summed E-state index contributed by atoms with van der Waals surface area (Å²) in [6, 6.07) is 14.2. The summed E-state index contributed by atoms with van der Waals surface area (Å²) in [5.74, 6) is -0.545. The van der Waals surface area contributed by atoms with Gasteiger partial charge in [-0.25, -0.2) is 4.79 Å². The second-order valence-corrected chi connectivity index (χ2v) is 8.19. The van der Waals surface area contributed by atoms with E-state index in [-0.39, 0.29) is 16.5 Å². The van der Waals surface area contributed by atoms with Gasteiger partial charge in [-0.15, -0.1) is 11.3 Å². The van der Waals surface area contributed by atoms with Gasteiger partial charge in [0.05, 0.1) is 12.8 Å². The molecule has 3 aromatic rings. The van der Waals surface area contributed by atoms with Gasteiger partial charge in [-0.3, -0.25) is 0 Å². The number of carbonyl (C=O) groups excluding carboxylic acids is 1. The Balaban J connectivity index is 1.92. The third-order valence-electron chi connectivity index (χ3n) is 4.36. The van der Waals surface area contributed by atoms with Gasteiger partial charge in [0.15, 0.2) is 5.11 Å². The summed E-state index contributed by atoms with van der Waals surface area (Å²) in [6.07, 6.45) is 0. The first kappa shape index (κ1) is 22.6. The Kier molecular flexibility index (Phi) is 7.19. The van der Waals surface area contributed by atoms with Crippen molar-refractivity contribution in [2.24, 2.45) is 0 Å². The highest BCUT2D eigenvalue weighted by Gasteiger charge is 2.24. The van der Waals surface area contributed by atoms with Gasteiger partial charge in [0.2, 0.25) is 0 Å². The lowest BCUT2D eigenvalue weighted by Crippen LogP contribution is -2.21. The van der Waals surface area contributed by atoms with Crippen LogP contribution in [-0.2, 0) is 4.74 Å². The van der Waals surface area contributed by atoms with Crippen molar-refractivity contribution in [2.75, 3.05) is 17.7 Å². The van der Waals surface area contributed by atoms with E-state index in [1.54, 1.807) is 12.1 Å². The molecular weight excluding hydrogens is 442 g/mol. The summed E-state index contributed by atoms with van der Waals surface area (Å²) in [7, 11) is 1.31. The van der Waals surface area contributed by atoms with Crippen LogP contribution in [0.2, 0.25) is 0 Å². The summed E-state index contributed by atoms with van der Waals surface area (Å²) < 4.78 is 35.0. The van der Waals surface area contributed by atoms with Crippen molar-refractivity contribution in [1.82, 2.24) is 0 Å². The van der Waals surface area contributed by atoms with E-state index < -0.39 is 12.6 Å². The van der Waals surface area contributed by atoms with Crippen molar-refractivity contribution in [2.45, 2.75) is 20.5 Å². The van der Waals surface area contributed by atoms with Crippen LogP contribution in [0.25, 0.3) is 11.1 Å². The second-order valence-electron chi connectivity index (χ2n) is 6.55. The number of ether oxygens (including phenoxy) is 2. The van der Waals surface area contributed by atoms with E-state index in [4.69, 9.17) is 17.0 Å². The van der Waals surface area contributed by atoms with Crippen LogP contribution in [0.4, 0.5) is 19.5 Å². The Labute approximate surface area is 188 Å². The average molecular weight is 463 g/mol.